The highest BCUT2D eigenvalue weighted by Gasteiger charge is 2.23. The lowest BCUT2D eigenvalue weighted by atomic mass is 10.1. The number of benzene rings is 1. The summed E-state index contributed by atoms with van der Waals surface area (Å²) in [4.78, 5) is 12.1. The van der Waals surface area contributed by atoms with E-state index in [4.69, 9.17) is 22.8 Å². The van der Waals surface area contributed by atoms with E-state index in [1.807, 2.05) is 0 Å². The predicted molar refractivity (Wildman–Crippen MR) is 77.8 cm³/mol. The molecule has 1 heterocycles. The first-order chi connectivity index (χ1) is 9.54. The van der Waals surface area contributed by atoms with Crippen LogP contribution in [0.25, 0.3) is 0 Å². The fourth-order valence-corrected chi connectivity index (χ4v) is 2.17. The van der Waals surface area contributed by atoms with Gasteiger partial charge in [0.2, 0.25) is 0 Å². The zero-order valence-corrected chi connectivity index (χ0v) is 11.7. The summed E-state index contributed by atoms with van der Waals surface area (Å²) in [5.41, 5.74) is 0.667. The molecule has 1 aliphatic heterocycles. The highest BCUT2D eigenvalue weighted by Crippen LogP contribution is 2.28. The molecule has 0 aromatic heterocycles. The van der Waals surface area contributed by atoms with Crippen LogP contribution in [-0.2, 0) is 4.79 Å². The molecule has 106 valence electrons. The van der Waals surface area contributed by atoms with Gasteiger partial charge in [0.1, 0.15) is 4.99 Å². The first-order valence-corrected chi connectivity index (χ1v) is 6.36. The Balaban J connectivity index is 2.23. The third-order valence-electron chi connectivity index (χ3n) is 2.87. The molecule has 0 saturated heterocycles. The zero-order valence-electron chi connectivity index (χ0n) is 10.9. The van der Waals surface area contributed by atoms with Gasteiger partial charge in [-0.25, -0.2) is 10.2 Å². The van der Waals surface area contributed by atoms with Gasteiger partial charge in [-0.05, 0) is 18.6 Å². The molecule has 0 fully saturated rings. The summed E-state index contributed by atoms with van der Waals surface area (Å²) in [6.45, 7) is 0.453. The van der Waals surface area contributed by atoms with E-state index in [2.05, 4.69) is 5.32 Å². The molecule has 1 aromatic rings. The second-order valence-electron chi connectivity index (χ2n) is 4.18. The van der Waals surface area contributed by atoms with Crippen molar-refractivity contribution in [3.63, 3.8) is 0 Å². The van der Waals surface area contributed by atoms with Crippen LogP contribution in [0.15, 0.2) is 29.8 Å². The van der Waals surface area contributed by atoms with E-state index >= 15 is 0 Å². The summed E-state index contributed by atoms with van der Waals surface area (Å²) >= 11 is 5.18. The Morgan fingerprint density at radius 1 is 1.55 bits per heavy atom. The van der Waals surface area contributed by atoms with Gasteiger partial charge in [0.25, 0.3) is 5.91 Å². The normalized spacial score (nSPS) is 14.8. The van der Waals surface area contributed by atoms with Crippen LogP contribution in [0.2, 0.25) is 0 Å². The molecule has 0 unspecified atom stereocenters. The zero-order chi connectivity index (χ0) is 14.7. The Morgan fingerprint density at radius 3 is 3.00 bits per heavy atom. The smallest absolute Gasteiger partial charge is 0.270 e. The number of methoxy groups -OCH3 is 1. The predicted octanol–water partition coefficient (Wildman–Crippen LogP) is 1.61. The second-order valence-corrected chi connectivity index (χ2v) is 4.59. The number of carbonyl (C=O) groups is 1. The van der Waals surface area contributed by atoms with Crippen molar-refractivity contribution in [3.05, 3.63) is 35.7 Å². The van der Waals surface area contributed by atoms with Gasteiger partial charge in [0, 0.05) is 6.54 Å². The summed E-state index contributed by atoms with van der Waals surface area (Å²) in [6.07, 6.45) is 2.34. The molecular weight excluding hydrogens is 281 g/mol. The van der Waals surface area contributed by atoms with Crippen molar-refractivity contribution in [2.45, 2.75) is 6.42 Å². The van der Waals surface area contributed by atoms with Crippen LogP contribution in [-0.4, -0.2) is 29.6 Å². The molecule has 2 rings (SSSR count). The Kier molecular flexibility index (Phi) is 4.31. The number of carbonyl (C=O) groups excluding carboxylic acids is 1. The molecule has 0 saturated carbocycles. The van der Waals surface area contributed by atoms with Gasteiger partial charge in [-0.15, -0.1) is 0 Å². The van der Waals surface area contributed by atoms with Crippen LogP contribution in [0.3, 0.4) is 0 Å². The molecule has 1 aromatic carbocycles. The van der Waals surface area contributed by atoms with Gasteiger partial charge in [-0.2, -0.15) is 0 Å². The van der Waals surface area contributed by atoms with Gasteiger partial charge in [-0.1, -0.05) is 24.4 Å². The molecule has 0 bridgehead atoms. The average molecular weight is 295 g/mol. The average Bonchev–Trinajstić information content (AvgIpc) is 2.42. The third-order valence-corrected chi connectivity index (χ3v) is 3.20. The number of amides is 1. The van der Waals surface area contributed by atoms with E-state index in [1.165, 1.54) is 19.2 Å². The number of nitrogens with one attached hydrogen (secondary N) is 1. The summed E-state index contributed by atoms with van der Waals surface area (Å²) in [5, 5.41) is 3.92. The molecule has 0 atom stereocenters. The third kappa shape index (κ3) is 2.78. The first-order valence-electron chi connectivity index (χ1n) is 5.95. The fraction of sp³-hybridized carbons (Fsp3) is 0.231. The standard InChI is InChI=1S/C13H14FN3O2S/c1-19-11-9(14)5-2-6-10(11)16-12(20)8-4-3-7-17(15)13(8)18/h2,4-6H,3,7,15H2,1H3,(H,16,20). The quantitative estimate of drug-likeness (QED) is 0.504. The summed E-state index contributed by atoms with van der Waals surface area (Å²) < 4.78 is 18.5. The molecule has 0 spiro atoms. The molecule has 0 radical (unpaired) electrons. The molecule has 5 nitrogen and oxygen atoms in total. The van der Waals surface area contributed by atoms with E-state index in [9.17, 15) is 9.18 Å². The number of hydrazine groups is 1. The van der Waals surface area contributed by atoms with Crippen molar-refractivity contribution in [1.29, 1.82) is 0 Å². The summed E-state index contributed by atoms with van der Waals surface area (Å²) in [7, 11) is 1.36. The van der Waals surface area contributed by atoms with Crippen LogP contribution in [0.1, 0.15) is 6.42 Å². The summed E-state index contributed by atoms with van der Waals surface area (Å²) in [6, 6.07) is 4.41. The molecule has 1 aliphatic rings. The number of nitrogens with two attached hydrogens (primary N) is 1. The number of thiocarbonyl (C=S) groups is 1. The number of halogens is 1. The largest absolute Gasteiger partial charge is 0.492 e. The van der Waals surface area contributed by atoms with E-state index in [0.29, 0.717) is 24.2 Å². The fourth-order valence-electron chi connectivity index (χ4n) is 1.89. The van der Waals surface area contributed by atoms with Gasteiger partial charge in [0.05, 0.1) is 18.4 Å². The Bertz CT molecular complexity index is 589. The van der Waals surface area contributed by atoms with Crippen molar-refractivity contribution in [2.24, 2.45) is 5.84 Å². The Labute approximate surface area is 121 Å². The number of hydrogen-bond acceptors (Lipinski definition) is 4. The Hall–Kier alpha value is -1.99. The topological polar surface area (TPSA) is 67.6 Å². The SMILES string of the molecule is COc1c(F)cccc1NC(=S)C1=CCCN(N)C1=O. The van der Waals surface area contributed by atoms with Crippen molar-refractivity contribution in [1.82, 2.24) is 5.01 Å². The maximum absolute atomic E-state index is 13.6. The van der Waals surface area contributed by atoms with E-state index in [0.717, 1.165) is 5.01 Å². The molecule has 3 N–H and O–H groups in total. The number of hydrogen-bond donors (Lipinski definition) is 2. The molecule has 1 amide bonds. The van der Waals surface area contributed by atoms with Crippen molar-refractivity contribution in [2.75, 3.05) is 19.0 Å². The van der Waals surface area contributed by atoms with E-state index in [-0.39, 0.29) is 16.6 Å². The first kappa shape index (κ1) is 14.4. The van der Waals surface area contributed by atoms with Gasteiger partial charge in [-0.3, -0.25) is 9.80 Å². The van der Waals surface area contributed by atoms with Crippen molar-refractivity contribution in [3.8, 4) is 5.75 Å². The van der Waals surface area contributed by atoms with Gasteiger partial charge in [0.15, 0.2) is 11.6 Å². The molecule has 20 heavy (non-hydrogen) atoms. The molecular formula is C13H14FN3O2S. The van der Waals surface area contributed by atoms with Gasteiger partial charge >= 0.3 is 0 Å². The molecule has 7 heteroatoms. The second kappa shape index (κ2) is 5.98. The van der Waals surface area contributed by atoms with Crippen LogP contribution in [0.4, 0.5) is 10.1 Å². The lowest BCUT2D eigenvalue weighted by Gasteiger charge is -2.23. The monoisotopic (exact) mass is 295 g/mol. The van der Waals surface area contributed by atoms with E-state index < -0.39 is 5.82 Å². The highest BCUT2D eigenvalue weighted by molar-refractivity contribution is 7.81. The minimum Gasteiger partial charge on any atom is -0.492 e. The number of anilines is 1. The van der Waals surface area contributed by atoms with Crippen LogP contribution >= 0.6 is 12.2 Å². The maximum atomic E-state index is 13.6. The Morgan fingerprint density at radius 2 is 2.30 bits per heavy atom. The van der Waals surface area contributed by atoms with Crippen molar-refractivity contribution < 1.29 is 13.9 Å². The lowest BCUT2D eigenvalue weighted by molar-refractivity contribution is -0.127. The van der Waals surface area contributed by atoms with Crippen molar-refractivity contribution >= 4 is 28.8 Å². The lowest BCUT2D eigenvalue weighted by Crippen LogP contribution is -2.43. The van der Waals surface area contributed by atoms with Crippen LogP contribution < -0.4 is 15.9 Å². The van der Waals surface area contributed by atoms with Gasteiger partial charge < -0.3 is 10.1 Å². The number of rotatable bonds is 3. The number of para-hydroxylation sites is 1. The molecule has 0 aliphatic carbocycles. The highest BCUT2D eigenvalue weighted by atomic mass is 32.1. The number of ether oxygens (including phenoxy) is 1. The van der Waals surface area contributed by atoms with E-state index in [1.54, 1.807) is 12.1 Å². The minimum absolute atomic E-state index is 0.0447. The summed E-state index contributed by atoms with van der Waals surface area (Å²) in [5.74, 6) is 4.73. The maximum Gasteiger partial charge on any atom is 0.270 e. The van der Waals surface area contributed by atoms with Crippen LogP contribution in [0.5, 0.6) is 5.75 Å². The minimum atomic E-state index is -0.510. The number of nitrogens with zero attached hydrogens (tertiary/aromatic N) is 1. The van der Waals surface area contributed by atoms with Crippen LogP contribution in [0, 0.1) is 5.82 Å².